The molecule has 13 heteroatoms. The van der Waals surface area contributed by atoms with E-state index in [4.69, 9.17) is 4.74 Å². The van der Waals surface area contributed by atoms with Crippen molar-refractivity contribution in [3.63, 3.8) is 0 Å². The third-order valence-electron chi connectivity index (χ3n) is 9.68. The molecule has 13 nitrogen and oxygen atoms in total. The molecule has 0 aromatic heterocycles. The third kappa shape index (κ3) is 8.15. The van der Waals surface area contributed by atoms with Crippen LogP contribution in [0.25, 0.3) is 0 Å². The van der Waals surface area contributed by atoms with E-state index in [0.29, 0.717) is 25.7 Å². The number of carbonyl (C=O) groups excluding carboxylic acids is 2. The van der Waals surface area contributed by atoms with Gasteiger partial charge in [0.1, 0.15) is 0 Å². The van der Waals surface area contributed by atoms with E-state index in [0.717, 1.165) is 38.5 Å². The number of ether oxygens (including phenoxy) is 1. The van der Waals surface area contributed by atoms with Gasteiger partial charge in [0.2, 0.25) is 17.9 Å². The Labute approximate surface area is 238 Å². The van der Waals surface area contributed by atoms with E-state index in [1.165, 1.54) is 0 Å². The zero-order valence-corrected chi connectivity index (χ0v) is 23.3. The van der Waals surface area contributed by atoms with Gasteiger partial charge in [-0.25, -0.2) is 0 Å². The molecule has 230 valence electrons. The molecule has 5 N–H and O–H groups in total. The van der Waals surface area contributed by atoms with Gasteiger partial charge in [-0.3, -0.25) is 29.3 Å². The molecule has 0 heterocycles. The van der Waals surface area contributed by atoms with Crippen molar-refractivity contribution >= 4 is 23.8 Å². The summed E-state index contributed by atoms with van der Waals surface area (Å²) in [5.41, 5.74) is 0. The molecule has 4 aliphatic rings. The van der Waals surface area contributed by atoms with Gasteiger partial charge in [-0.2, -0.15) is 0 Å². The fourth-order valence-corrected chi connectivity index (χ4v) is 7.24. The number of hydrogen-bond acceptors (Lipinski definition) is 8. The number of carboxylic acids is 2. The standard InChI is InChI=1S/C28H43N3O10/c32-18-6-12-21(24(14-18)28(37)38)25(33)29-15-1-7-19(8-2-15)41-20-9-3-16(4-10-20)30-26(34)23-13-17(31(39)40)5-11-22(23)27(35)36/h15-24,32H,1-14H2,(H,29,33)(H,30,34)(H,35,36)(H,37,38). The molecule has 4 fully saturated rings. The van der Waals surface area contributed by atoms with Crippen LogP contribution >= 0.6 is 0 Å². The van der Waals surface area contributed by atoms with Crippen LogP contribution in [0.1, 0.15) is 89.9 Å². The highest BCUT2D eigenvalue weighted by atomic mass is 16.6. The van der Waals surface area contributed by atoms with Gasteiger partial charge < -0.3 is 30.7 Å². The fourth-order valence-electron chi connectivity index (χ4n) is 7.24. The van der Waals surface area contributed by atoms with Crippen molar-refractivity contribution in [2.45, 2.75) is 126 Å². The van der Waals surface area contributed by atoms with Crippen molar-refractivity contribution in [3.05, 3.63) is 10.1 Å². The molecular weight excluding hydrogens is 538 g/mol. The summed E-state index contributed by atoms with van der Waals surface area (Å²) in [6, 6.07) is -1.04. The van der Waals surface area contributed by atoms with E-state index in [1.54, 1.807) is 0 Å². The van der Waals surface area contributed by atoms with Gasteiger partial charge in [0.25, 0.3) is 0 Å². The van der Waals surface area contributed by atoms with Crippen LogP contribution in [0.2, 0.25) is 0 Å². The van der Waals surface area contributed by atoms with Gasteiger partial charge in [0.05, 0.1) is 42.0 Å². The van der Waals surface area contributed by atoms with E-state index in [2.05, 4.69) is 10.6 Å². The quantitative estimate of drug-likeness (QED) is 0.197. The summed E-state index contributed by atoms with van der Waals surface area (Å²) >= 11 is 0. The first kappa shape index (κ1) is 31.1. The summed E-state index contributed by atoms with van der Waals surface area (Å²) in [5.74, 6) is -6.07. The number of hydrogen-bond donors (Lipinski definition) is 5. The van der Waals surface area contributed by atoms with Crippen LogP contribution in [-0.2, 0) is 23.9 Å². The molecule has 6 unspecified atom stereocenters. The lowest BCUT2D eigenvalue weighted by molar-refractivity contribution is -0.528. The van der Waals surface area contributed by atoms with Crippen LogP contribution in [0.4, 0.5) is 0 Å². The highest BCUT2D eigenvalue weighted by Gasteiger charge is 2.44. The first-order valence-electron chi connectivity index (χ1n) is 15.0. The summed E-state index contributed by atoms with van der Waals surface area (Å²) < 4.78 is 6.34. The number of nitrogens with zero attached hydrogens (tertiary/aromatic N) is 1. The monoisotopic (exact) mass is 581 g/mol. The largest absolute Gasteiger partial charge is 0.481 e. The number of aliphatic hydroxyl groups is 1. The van der Waals surface area contributed by atoms with Gasteiger partial charge >= 0.3 is 11.9 Å². The SMILES string of the molecule is O=C(O)C1CC(O)CCC1C(=O)NC1CCC(OC2CCC(NC(=O)C3CC([N+](=O)[O-])CCC3C(=O)O)CC2)CC1. The van der Waals surface area contributed by atoms with Crippen LogP contribution in [0, 0.1) is 33.8 Å². The molecule has 0 spiro atoms. The minimum absolute atomic E-state index is 0.0288. The molecular formula is C28H43N3O10. The number of nitrogens with one attached hydrogen (secondary N) is 2. The molecule has 4 aliphatic carbocycles. The Kier molecular flexibility index (Phi) is 10.6. The van der Waals surface area contributed by atoms with Gasteiger partial charge in [-0.05, 0) is 77.0 Å². The van der Waals surface area contributed by atoms with Crippen molar-refractivity contribution in [1.82, 2.24) is 10.6 Å². The van der Waals surface area contributed by atoms with E-state index in [1.807, 2.05) is 0 Å². The smallest absolute Gasteiger partial charge is 0.307 e. The Hall–Kier alpha value is -2.80. The Morgan fingerprint density at radius 2 is 1.12 bits per heavy atom. The first-order valence-corrected chi connectivity index (χ1v) is 15.0. The fraction of sp³-hybridized carbons (Fsp3) is 0.857. The number of carbonyl (C=O) groups is 4. The molecule has 2 amide bonds. The average molecular weight is 582 g/mol. The summed E-state index contributed by atoms with van der Waals surface area (Å²) in [6.07, 6.45) is 6.48. The van der Waals surface area contributed by atoms with Crippen LogP contribution in [0.15, 0.2) is 0 Å². The van der Waals surface area contributed by atoms with Crippen molar-refractivity contribution in [1.29, 1.82) is 0 Å². The summed E-state index contributed by atoms with van der Waals surface area (Å²) in [6.45, 7) is 0. The molecule has 0 radical (unpaired) electrons. The molecule has 0 bridgehead atoms. The lowest BCUT2D eigenvalue weighted by Crippen LogP contribution is -2.48. The minimum Gasteiger partial charge on any atom is -0.481 e. The Morgan fingerprint density at radius 3 is 1.61 bits per heavy atom. The van der Waals surface area contributed by atoms with E-state index < -0.39 is 58.6 Å². The number of rotatable bonds is 9. The second-order valence-electron chi connectivity index (χ2n) is 12.4. The molecule has 0 aromatic carbocycles. The number of aliphatic carboxylic acids is 2. The zero-order chi connectivity index (χ0) is 29.7. The molecule has 0 aliphatic heterocycles. The number of nitro groups is 1. The van der Waals surface area contributed by atoms with E-state index >= 15 is 0 Å². The van der Waals surface area contributed by atoms with E-state index in [-0.39, 0.29) is 55.9 Å². The summed E-state index contributed by atoms with van der Waals surface area (Å²) in [7, 11) is 0. The highest BCUT2D eigenvalue weighted by Crippen LogP contribution is 2.34. The van der Waals surface area contributed by atoms with Crippen molar-refractivity contribution in [2.24, 2.45) is 23.7 Å². The summed E-state index contributed by atoms with van der Waals surface area (Å²) in [5, 5.41) is 46.0. The van der Waals surface area contributed by atoms with Crippen LogP contribution in [-0.4, -0.2) is 80.4 Å². The van der Waals surface area contributed by atoms with Gasteiger partial charge in [0.15, 0.2) is 0 Å². The van der Waals surface area contributed by atoms with Gasteiger partial charge in [-0.15, -0.1) is 0 Å². The maximum absolute atomic E-state index is 12.9. The van der Waals surface area contributed by atoms with Crippen LogP contribution in [0.5, 0.6) is 0 Å². The average Bonchev–Trinajstić information content (AvgIpc) is 2.94. The predicted molar refractivity (Wildman–Crippen MR) is 143 cm³/mol. The van der Waals surface area contributed by atoms with Crippen molar-refractivity contribution < 1.29 is 44.2 Å². The number of aliphatic hydroxyl groups excluding tert-OH is 1. The minimum atomic E-state index is -1.09. The second-order valence-corrected chi connectivity index (χ2v) is 12.4. The zero-order valence-electron chi connectivity index (χ0n) is 23.3. The van der Waals surface area contributed by atoms with Crippen LogP contribution in [0.3, 0.4) is 0 Å². The Bertz CT molecular complexity index is 976. The molecule has 4 saturated carbocycles. The number of carboxylic acid groups (broad SMARTS) is 2. The van der Waals surface area contributed by atoms with Crippen molar-refractivity contribution in [2.75, 3.05) is 0 Å². The van der Waals surface area contributed by atoms with Crippen LogP contribution < -0.4 is 10.6 Å². The second kappa shape index (κ2) is 13.9. The first-order chi connectivity index (χ1) is 19.5. The maximum atomic E-state index is 12.9. The lowest BCUT2D eigenvalue weighted by atomic mass is 9.76. The molecule has 0 aromatic rings. The number of amides is 2. The molecule has 41 heavy (non-hydrogen) atoms. The summed E-state index contributed by atoms with van der Waals surface area (Å²) in [4.78, 5) is 59.8. The molecule has 6 atom stereocenters. The Morgan fingerprint density at radius 1 is 0.634 bits per heavy atom. The highest BCUT2D eigenvalue weighted by molar-refractivity contribution is 5.85. The maximum Gasteiger partial charge on any atom is 0.307 e. The third-order valence-corrected chi connectivity index (χ3v) is 9.68. The Balaban J connectivity index is 1.16. The van der Waals surface area contributed by atoms with E-state index in [9.17, 15) is 44.6 Å². The molecule has 0 saturated heterocycles. The topological polar surface area (TPSA) is 205 Å². The van der Waals surface area contributed by atoms with Gasteiger partial charge in [0, 0.05) is 29.8 Å². The predicted octanol–water partition coefficient (Wildman–Crippen LogP) is 1.87. The molecule has 4 rings (SSSR count). The normalized spacial score (nSPS) is 37.9. The lowest BCUT2D eigenvalue weighted by Gasteiger charge is -2.36. The van der Waals surface area contributed by atoms with Gasteiger partial charge in [-0.1, -0.05) is 0 Å². The van der Waals surface area contributed by atoms with Crippen molar-refractivity contribution in [3.8, 4) is 0 Å².